The number of rotatable bonds is 3. The molecule has 0 saturated carbocycles. The number of benzene rings is 1. The van der Waals surface area contributed by atoms with Crippen LogP contribution in [0.2, 0.25) is 0 Å². The zero-order chi connectivity index (χ0) is 13.2. The third-order valence-electron chi connectivity index (χ3n) is 3.23. The predicted octanol–water partition coefficient (Wildman–Crippen LogP) is 0.994. The minimum atomic E-state index is 0.0290. The van der Waals surface area contributed by atoms with Crippen LogP contribution in [0.15, 0.2) is 18.2 Å². The molecule has 0 unspecified atom stereocenters. The van der Waals surface area contributed by atoms with Gasteiger partial charge in [0, 0.05) is 17.8 Å². The average Bonchev–Trinajstić information content (AvgIpc) is 2.83. The van der Waals surface area contributed by atoms with Crippen molar-refractivity contribution in [1.29, 1.82) is 0 Å². The van der Waals surface area contributed by atoms with Crippen molar-refractivity contribution in [3.63, 3.8) is 0 Å². The number of tetrazole rings is 1. The normalized spacial score (nSPS) is 13.7. The van der Waals surface area contributed by atoms with Crippen LogP contribution in [0.3, 0.4) is 0 Å². The highest BCUT2D eigenvalue weighted by Gasteiger charge is 2.14. The van der Waals surface area contributed by atoms with Crippen molar-refractivity contribution in [2.75, 3.05) is 11.9 Å². The molecule has 1 aromatic carbocycles. The third-order valence-corrected chi connectivity index (χ3v) is 3.23. The van der Waals surface area contributed by atoms with Crippen molar-refractivity contribution in [2.24, 2.45) is 7.05 Å². The summed E-state index contributed by atoms with van der Waals surface area (Å²) in [5.74, 6) is 0.490. The molecule has 1 aromatic heterocycles. The maximum Gasteiger partial charge on any atom is 0.182 e. The van der Waals surface area contributed by atoms with E-state index in [1.54, 1.807) is 7.05 Å². The fourth-order valence-corrected chi connectivity index (χ4v) is 2.29. The Hall–Kier alpha value is -2.24. The summed E-state index contributed by atoms with van der Waals surface area (Å²) in [5, 5.41) is 14.9. The van der Waals surface area contributed by atoms with Gasteiger partial charge in [-0.05, 0) is 41.8 Å². The first kappa shape index (κ1) is 11.8. The maximum absolute atomic E-state index is 12.2. The molecule has 0 aliphatic carbocycles. The number of carbonyl (C=O) groups excluding carboxylic acids is 1. The summed E-state index contributed by atoms with van der Waals surface area (Å²) in [4.78, 5) is 13.5. The van der Waals surface area contributed by atoms with Crippen molar-refractivity contribution in [3.8, 4) is 0 Å². The molecule has 19 heavy (non-hydrogen) atoms. The molecule has 0 atom stereocenters. The highest BCUT2D eigenvalue weighted by molar-refractivity contribution is 5.97. The Labute approximate surface area is 110 Å². The van der Waals surface area contributed by atoms with Crippen molar-refractivity contribution < 1.29 is 4.79 Å². The molecular formula is C13H15N5O. The number of ketones is 1. The SMILES string of the molecule is Cn1nnc(CC(=O)c2ccc3c(c2)CCCN3)n1. The summed E-state index contributed by atoms with van der Waals surface area (Å²) in [6.45, 7) is 1.00. The maximum atomic E-state index is 12.2. The van der Waals surface area contributed by atoms with E-state index in [-0.39, 0.29) is 12.2 Å². The van der Waals surface area contributed by atoms with Crippen LogP contribution < -0.4 is 5.32 Å². The first-order valence-corrected chi connectivity index (χ1v) is 6.35. The van der Waals surface area contributed by atoms with E-state index in [4.69, 9.17) is 0 Å². The average molecular weight is 257 g/mol. The van der Waals surface area contributed by atoms with Gasteiger partial charge in [-0.2, -0.15) is 4.80 Å². The van der Waals surface area contributed by atoms with Crippen LogP contribution in [-0.2, 0) is 19.9 Å². The molecule has 0 saturated heterocycles. The Morgan fingerprint density at radius 1 is 1.47 bits per heavy atom. The quantitative estimate of drug-likeness (QED) is 0.830. The number of hydrogen-bond acceptors (Lipinski definition) is 5. The summed E-state index contributed by atoms with van der Waals surface area (Å²) in [6, 6.07) is 5.81. The number of carbonyl (C=O) groups is 1. The molecule has 0 spiro atoms. The lowest BCUT2D eigenvalue weighted by molar-refractivity contribution is 0.0990. The van der Waals surface area contributed by atoms with Crippen LogP contribution in [0, 0.1) is 0 Å². The van der Waals surface area contributed by atoms with E-state index >= 15 is 0 Å². The highest BCUT2D eigenvalue weighted by atomic mass is 16.1. The molecule has 1 N–H and O–H groups in total. The van der Waals surface area contributed by atoms with Crippen LogP contribution in [0.25, 0.3) is 0 Å². The highest BCUT2D eigenvalue weighted by Crippen LogP contribution is 2.23. The van der Waals surface area contributed by atoms with Crippen molar-refractivity contribution >= 4 is 11.5 Å². The molecule has 6 nitrogen and oxygen atoms in total. The van der Waals surface area contributed by atoms with Crippen LogP contribution >= 0.6 is 0 Å². The lowest BCUT2D eigenvalue weighted by Gasteiger charge is -2.18. The van der Waals surface area contributed by atoms with Crippen molar-refractivity contribution in [1.82, 2.24) is 20.2 Å². The van der Waals surface area contributed by atoms with Crippen LogP contribution in [0.5, 0.6) is 0 Å². The van der Waals surface area contributed by atoms with Gasteiger partial charge in [0.05, 0.1) is 13.5 Å². The van der Waals surface area contributed by atoms with E-state index in [0.717, 1.165) is 30.6 Å². The van der Waals surface area contributed by atoms with Crippen LogP contribution in [0.4, 0.5) is 5.69 Å². The summed E-state index contributed by atoms with van der Waals surface area (Å²) in [7, 11) is 1.69. The molecule has 0 amide bonds. The molecule has 0 fully saturated rings. The monoisotopic (exact) mass is 257 g/mol. The molecule has 2 aromatic rings. The lowest BCUT2D eigenvalue weighted by atomic mass is 9.98. The number of nitrogens with one attached hydrogen (secondary N) is 1. The van der Waals surface area contributed by atoms with Gasteiger partial charge < -0.3 is 5.32 Å². The molecule has 98 valence electrons. The zero-order valence-corrected chi connectivity index (χ0v) is 10.8. The minimum absolute atomic E-state index is 0.0290. The van der Waals surface area contributed by atoms with Gasteiger partial charge in [0.25, 0.3) is 0 Å². The Balaban J connectivity index is 1.80. The molecule has 1 aliphatic heterocycles. The van der Waals surface area contributed by atoms with Gasteiger partial charge in [-0.25, -0.2) is 0 Å². The lowest BCUT2D eigenvalue weighted by Crippen LogP contribution is -2.13. The van der Waals surface area contributed by atoms with E-state index in [0.29, 0.717) is 5.82 Å². The van der Waals surface area contributed by atoms with Gasteiger partial charge in [0.1, 0.15) is 0 Å². The molecule has 0 radical (unpaired) electrons. The first-order chi connectivity index (χ1) is 9.22. The number of Topliss-reactive ketones (excluding diaryl/α,β-unsaturated/α-hetero) is 1. The second kappa shape index (κ2) is 4.79. The fraction of sp³-hybridized carbons (Fsp3) is 0.385. The Morgan fingerprint density at radius 3 is 3.16 bits per heavy atom. The largest absolute Gasteiger partial charge is 0.385 e. The molecule has 1 aliphatic rings. The van der Waals surface area contributed by atoms with Gasteiger partial charge in [0.2, 0.25) is 0 Å². The summed E-state index contributed by atoms with van der Waals surface area (Å²) < 4.78 is 0. The summed E-state index contributed by atoms with van der Waals surface area (Å²) in [5.41, 5.74) is 3.07. The number of hydrogen-bond donors (Lipinski definition) is 1. The number of anilines is 1. The van der Waals surface area contributed by atoms with E-state index in [9.17, 15) is 4.79 Å². The zero-order valence-electron chi connectivity index (χ0n) is 10.8. The van der Waals surface area contributed by atoms with Gasteiger partial charge in [-0.15, -0.1) is 10.2 Å². The summed E-state index contributed by atoms with van der Waals surface area (Å²) in [6.07, 6.45) is 2.32. The Morgan fingerprint density at radius 2 is 2.37 bits per heavy atom. The Bertz CT molecular complexity index is 619. The topological polar surface area (TPSA) is 72.7 Å². The molecule has 3 rings (SSSR count). The number of nitrogens with zero attached hydrogens (tertiary/aromatic N) is 4. The Kier molecular flexibility index (Phi) is 2.98. The standard InChI is InChI=1S/C13H15N5O/c1-18-16-13(15-17-18)8-12(19)10-4-5-11-9(7-10)3-2-6-14-11/h4-5,7,14H,2-3,6,8H2,1H3. The minimum Gasteiger partial charge on any atom is -0.385 e. The molecule has 0 bridgehead atoms. The van der Waals surface area contributed by atoms with E-state index in [1.165, 1.54) is 10.4 Å². The fourth-order valence-electron chi connectivity index (χ4n) is 2.29. The third kappa shape index (κ3) is 2.47. The van der Waals surface area contributed by atoms with Crippen LogP contribution in [0.1, 0.15) is 28.2 Å². The van der Waals surface area contributed by atoms with Crippen LogP contribution in [-0.4, -0.2) is 32.5 Å². The second-order valence-corrected chi connectivity index (χ2v) is 4.70. The second-order valence-electron chi connectivity index (χ2n) is 4.70. The van der Waals surface area contributed by atoms with E-state index < -0.39 is 0 Å². The van der Waals surface area contributed by atoms with Gasteiger partial charge in [-0.1, -0.05) is 0 Å². The smallest absolute Gasteiger partial charge is 0.182 e. The van der Waals surface area contributed by atoms with Crippen molar-refractivity contribution in [2.45, 2.75) is 19.3 Å². The van der Waals surface area contributed by atoms with Gasteiger partial charge in [0.15, 0.2) is 11.6 Å². The van der Waals surface area contributed by atoms with Gasteiger partial charge in [-0.3, -0.25) is 4.79 Å². The molecule has 2 heterocycles. The van der Waals surface area contributed by atoms with E-state index in [1.807, 2.05) is 18.2 Å². The molecule has 6 heteroatoms. The van der Waals surface area contributed by atoms with Crippen molar-refractivity contribution in [3.05, 3.63) is 35.2 Å². The number of aromatic nitrogens is 4. The predicted molar refractivity (Wildman–Crippen MR) is 70.1 cm³/mol. The molecular weight excluding hydrogens is 242 g/mol. The number of aryl methyl sites for hydroxylation is 2. The van der Waals surface area contributed by atoms with Gasteiger partial charge >= 0.3 is 0 Å². The summed E-state index contributed by atoms with van der Waals surface area (Å²) >= 11 is 0. The number of fused-ring (bicyclic) bond motifs is 1. The first-order valence-electron chi connectivity index (χ1n) is 6.35. The van der Waals surface area contributed by atoms with E-state index in [2.05, 4.69) is 20.7 Å².